The Hall–Kier alpha value is -1.82. The van der Waals surface area contributed by atoms with Gasteiger partial charge >= 0.3 is 0 Å². The molecule has 2 heterocycles. The Labute approximate surface area is 63.7 Å². The summed E-state index contributed by atoms with van der Waals surface area (Å²) in [6.45, 7) is 0. The monoisotopic (exact) mass is 143 g/mol. The maximum absolute atomic E-state index is 5.22. The lowest BCUT2D eigenvalue weighted by molar-refractivity contribution is 0.939. The average Bonchev–Trinajstić information content (AvgIpc) is 2.47. The first-order valence-corrected chi connectivity index (χ1v) is 3.17. The van der Waals surface area contributed by atoms with E-state index in [1.165, 1.54) is 0 Å². The van der Waals surface area contributed by atoms with Gasteiger partial charge in [-0.3, -0.25) is 0 Å². The maximum Gasteiger partial charge on any atom is 0.170 e. The summed E-state index contributed by atoms with van der Waals surface area (Å²) in [6.07, 6.45) is 10.3. The standard InChI is InChI=1S/C8H5N3/c1-2-7-6-10-11-5-3-4-9-8(7)11/h1,3-6H. The van der Waals surface area contributed by atoms with Gasteiger partial charge in [0.25, 0.3) is 0 Å². The molecular weight excluding hydrogens is 138 g/mol. The third-order valence-corrected chi connectivity index (χ3v) is 1.43. The molecule has 11 heavy (non-hydrogen) atoms. The van der Waals surface area contributed by atoms with E-state index in [1.807, 2.05) is 6.20 Å². The first-order chi connectivity index (χ1) is 5.42. The molecule has 0 saturated heterocycles. The van der Waals surface area contributed by atoms with Crippen molar-refractivity contribution >= 4 is 5.65 Å². The second-order valence-corrected chi connectivity index (χ2v) is 2.09. The molecule has 0 fully saturated rings. The molecule has 0 spiro atoms. The lowest BCUT2D eigenvalue weighted by Gasteiger charge is -1.88. The Morgan fingerprint density at radius 1 is 1.55 bits per heavy atom. The molecule has 0 N–H and O–H groups in total. The Balaban J connectivity index is 2.89. The summed E-state index contributed by atoms with van der Waals surface area (Å²) in [6, 6.07) is 1.81. The molecule has 3 nitrogen and oxygen atoms in total. The molecule has 0 saturated carbocycles. The molecule has 2 rings (SSSR count). The van der Waals surface area contributed by atoms with E-state index in [0.717, 1.165) is 11.2 Å². The molecular formula is C8H5N3. The predicted molar refractivity (Wildman–Crippen MR) is 40.9 cm³/mol. The summed E-state index contributed by atoms with van der Waals surface area (Å²) >= 11 is 0. The number of fused-ring (bicyclic) bond motifs is 1. The molecule has 3 heteroatoms. The fourth-order valence-corrected chi connectivity index (χ4v) is 0.929. The zero-order valence-corrected chi connectivity index (χ0v) is 5.73. The highest BCUT2D eigenvalue weighted by Gasteiger charge is 1.98. The van der Waals surface area contributed by atoms with Crippen LogP contribution in [0, 0.1) is 12.3 Å². The summed E-state index contributed by atoms with van der Waals surface area (Å²) < 4.78 is 1.65. The minimum Gasteiger partial charge on any atom is -0.236 e. The van der Waals surface area contributed by atoms with E-state index < -0.39 is 0 Å². The smallest absolute Gasteiger partial charge is 0.170 e. The molecule has 0 aliphatic heterocycles. The van der Waals surface area contributed by atoms with Crippen molar-refractivity contribution in [1.29, 1.82) is 0 Å². The van der Waals surface area contributed by atoms with Crippen LogP contribution in [-0.4, -0.2) is 14.6 Å². The van der Waals surface area contributed by atoms with Gasteiger partial charge in [0.15, 0.2) is 5.65 Å². The van der Waals surface area contributed by atoms with Gasteiger partial charge < -0.3 is 0 Å². The molecule has 0 aliphatic rings. The molecule has 0 radical (unpaired) electrons. The predicted octanol–water partition coefficient (Wildman–Crippen LogP) is 0.711. The van der Waals surface area contributed by atoms with Crippen LogP contribution >= 0.6 is 0 Å². The van der Waals surface area contributed by atoms with E-state index in [0.29, 0.717) is 0 Å². The quantitative estimate of drug-likeness (QED) is 0.508. The summed E-state index contributed by atoms with van der Waals surface area (Å²) in [5, 5.41) is 4.00. The van der Waals surface area contributed by atoms with Crippen LogP contribution < -0.4 is 0 Å². The lowest BCUT2D eigenvalue weighted by atomic mass is 10.4. The van der Waals surface area contributed by atoms with Crippen molar-refractivity contribution in [2.45, 2.75) is 0 Å². The van der Waals surface area contributed by atoms with E-state index in [9.17, 15) is 0 Å². The van der Waals surface area contributed by atoms with Gasteiger partial charge in [-0.2, -0.15) is 5.10 Å². The number of terminal acetylenes is 1. The van der Waals surface area contributed by atoms with Gasteiger partial charge in [0.1, 0.15) is 0 Å². The van der Waals surface area contributed by atoms with Crippen LogP contribution in [0.2, 0.25) is 0 Å². The van der Waals surface area contributed by atoms with Gasteiger partial charge in [-0.1, -0.05) is 5.92 Å². The van der Waals surface area contributed by atoms with Gasteiger partial charge in [0.05, 0.1) is 11.8 Å². The van der Waals surface area contributed by atoms with E-state index in [4.69, 9.17) is 6.42 Å². The van der Waals surface area contributed by atoms with Crippen molar-refractivity contribution in [2.75, 3.05) is 0 Å². The van der Waals surface area contributed by atoms with Crippen molar-refractivity contribution in [3.63, 3.8) is 0 Å². The van der Waals surface area contributed by atoms with Gasteiger partial charge in [-0.05, 0) is 6.07 Å². The van der Waals surface area contributed by atoms with Crippen LogP contribution in [0.3, 0.4) is 0 Å². The van der Waals surface area contributed by atoms with Crippen LogP contribution in [0.25, 0.3) is 5.65 Å². The zero-order chi connectivity index (χ0) is 7.68. The lowest BCUT2D eigenvalue weighted by Crippen LogP contribution is -1.87. The van der Waals surface area contributed by atoms with Crippen molar-refractivity contribution in [1.82, 2.24) is 14.6 Å². The van der Waals surface area contributed by atoms with Crippen molar-refractivity contribution in [3.8, 4) is 12.3 Å². The van der Waals surface area contributed by atoms with Gasteiger partial charge in [-0.15, -0.1) is 6.42 Å². The van der Waals surface area contributed by atoms with Gasteiger partial charge in [0, 0.05) is 12.4 Å². The molecule has 0 aromatic carbocycles. The molecule has 0 aliphatic carbocycles. The normalized spacial score (nSPS) is 9.73. The third-order valence-electron chi connectivity index (χ3n) is 1.43. The second kappa shape index (κ2) is 2.10. The summed E-state index contributed by atoms with van der Waals surface area (Å²) in [5.74, 6) is 2.50. The molecule has 2 aromatic rings. The number of hydrogen-bond acceptors (Lipinski definition) is 2. The minimum atomic E-state index is 0.727. The maximum atomic E-state index is 5.22. The topological polar surface area (TPSA) is 30.2 Å². The summed E-state index contributed by atoms with van der Waals surface area (Å²) in [4.78, 5) is 4.07. The zero-order valence-electron chi connectivity index (χ0n) is 5.73. The van der Waals surface area contributed by atoms with Gasteiger partial charge in [0.2, 0.25) is 0 Å². The first-order valence-electron chi connectivity index (χ1n) is 3.17. The SMILES string of the molecule is C#Cc1cnn2cccnc12. The Morgan fingerprint density at radius 2 is 2.45 bits per heavy atom. The van der Waals surface area contributed by atoms with Crippen molar-refractivity contribution in [2.24, 2.45) is 0 Å². The fourth-order valence-electron chi connectivity index (χ4n) is 0.929. The molecule has 0 atom stereocenters. The number of nitrogens with zero attached hydrogens (tertiary/aromatic N) is 3. The van der Waals surface area contributed by atoms with E-state index in [-0.39, 0.29) is 0 Å². The average molecular weight is 143 g/mol. The van der Waals surface area contributed by atoms with Crippen molar-refractivity contribution < 1.29 is 0 Å². The van der Waals surface area contributed by atoms with Crippen molar-refractivity contribution in [3.05, 3.63) is 30.2 Å². The molecule has 0 unspecified atom stereocenters. The number of hydrogen-bond donors (Lipinski definition) is 0. The van der Waals surface area contributed by atoms with Crippen LogP contribution in [-0.2, 0) is 0 Å². The first kappa shape index (κ1) is 5.93. The molecule has 0 amide bonds. The molecule has 2 aromatic heterocycles. The molecule has 0 bridgehead atoms. The molecule has 52 valence electrons. The van der Waals surface area contributed by atoms with E-state index >= 15 is 0 Å². The minimum absolute atomic E-state index is 0.727. The Morgan fingerprint density at radius 3 is 3.27 bits per heavy atom. The van der Waals surface area contributed by atoms with Crippen LogP contribution in [0.1, 0.15) is 5.56 Å². The summed E-state index contributed by atoms with van der Waals surface area (Å²) in [5.41, 5.74) is 1.46. The Kier molecular flexibility index (Phi) is 1.13. The number of aromatic nitrogens is 3. The van der Waals surface area contributed by atoms with Crippen LogP contribution in [0.15, 0.2) is 24.7 Å². The van der Waals surface area contributed by atoms with Crippen LogP contribution in [0.4, 0.5) is 0 Å². The van der Waals surface area contributed by atoms with E-state index in [1.54, 1.807) is 23.0 Å². The highest BCUT2D eigenvalue weighted by Crippen LogP contribution is 2.03. The Bertz CT molecular complexity index is 422. The third kappa shape index (κ3) is 0.767. The van der Waals surface area contributed by atoms with E-state index in [2.05, 4.69) is 16.0 Å². The fraction of sp³-hybridized carbons (Fsp3) is 0. The number of rotatable bonds is 0. The van der Waals surface area contributed by atoms with Gasteiger partial charge in [-0.25, -0.2) is 9.50 Å². The highest BCUT2D eigenvalue weighted by molar-refractivity contribution is 5.54. The second-order valence-electron chi connectivity index (χ2n) is 2.09. The highest BCUT2D eigenvalue weighted by atomic mass is 15.2. The van der Waals surface area contributed by atoms with Crippen LogP contribution in [0.5, 0.6) is 0 Å². The summed E-state index contributed by atoms with van der Waals surface area (Å²) in [7, 11) is 0. The largest absolute Gasteiger partial charge is 0.236 e.